The highest BCUT2D eigenvalue weighted by molar-refractivity contribution is 5.66. The molecule has 0 radical (unpaired) electrons. The standard InChI is InChI=1S/C25H32O8/c1-11(26)32-22-19(12-3-6-18(29)31-10-12)20-17(28)9-15-13(25(20)23(22)33-25)4-5-14-21(30)16(27)7-8-24(14,15)2/h3,6,10,13-17,19-23,27-28,30H,4-5,7-9H2,1-2H3/t13-,14-,15+,16+,17+,19-,20?,21-,22-,23-,24+,25+/m1/s1. The summed E-state index contributed by atoms with van der Waals surface area (Å²) in [6.07, 6.45) is 1.96. The highest BCUT2D eigenvalue weighted by Crippen LogP contribution is 2.73. The van der Waals surface area contributed by atoms with Crippen molar-refractivity contribution in [1.29, 1.82) is 0 Å². The van der Waals surface area contributed by atoms with E-state index in [-0.39, 0.29) is 41.1 Å². The number of aliphatic hydroxyl groups excluding tert-OH is 3. The van der Waals surface area contributed by atoms with E-state index < -0.39 is 41.6 Å². The fraction of sp³-hybridized carbons (Fsp3) is 0.760. The number of fused-ring (bicyclic) bond motifs is 3. The number of aliphatic hydroxyl groups is 3. The molecule has 5 aliphatic rings. The Morgan fingerprint density at radius 3 is 2.55 bits per heavy atom. The van der Waals surface area contributed by atoms with Crippen LogP contribution in [0.2, 0.25) is 0 Å². The Morgan fingerprint density at radius 1 is 1.09 bits per heavy atom. The Kier molecular flexibility index (Phi) is 4.71. The molecule has 1 unspecified atom stereocenters. The number of rotatable bonds is 2. The minimum atomic E-state index is -0.745. The summed E-state index contributed by atoms with van der Waals surface area (Å²) in [4.78, 5) is 23.6. The van der Waals surface area contributed by atoms with Gasteiger partial charge in [0.05, 0.1) is 24.6 Å². The number of hydrogen-bond acceptors (Lipinski definition) is 8. The molecule has 12 atom stereocenters. The van der Waals surface area contributed by atoms with Gasteiger partial charge in [0, 0.05) is 24.8 Å². The third-order valence-corrected chi connectivity index (χ3v) is 9.93. The fourth-order valence-corrected chi connectivity index (χ4v) is 8.65. The lowest BCUT2D eigenvalue weighted by Crippen LogP contribution is -2.61. The minimum Gasteiger partial charge on any atom is -0.459 e. The van der Waals surface area contributed by atoms with Crippen LogP contribution >= 0.6 is 0 Å². The molecule has 6 rings (SSSR count). The van der Waals surface area contributed by atoms with Crippen LogP contribution in [0.15, 0.2) is 27.6 Å². The summed E-state index contributed by atoms with van der Waals surface area (Å²) >= 11 is 0. The van der Waals surface area contributed by atoms with E-state index in [1.807, 2.05) is 0 Å². The Balaban J connectivity index is 1.40. The smallest absolute Gasteiger partial charge is 0.335 e. The second-order valence-corrected chi connectivity index (χ2v) is 11.2. The highest BCUT2D eigenvalue weighted by atomic mass is 16.7. The van der Waals surface area contributed by atoms with Crippen molar-refractivity contribution >= 4 is 5.97 Å². The molecule has 1 aromatic heterocycles. The Morgan fingerprint density at radius 2 is 1.85 bits per heavy atom. The molecule has 33 heavy (non-hydrogen) atoms. The van der Waals surface area contributed by atoms with Gasteiger partial charge in [-0.15, -0.1) is 0 Å². The first-order chi connectivity index (χ1) is 15.7. The van der Waals surface area contributed by atoms with E-state index in [1.165, 1.54) is 19.3 Å². The zero-order chi connectivity index (χ0) is 23.3. The molecule has 180 valence electrons. The Labute approximate surface area is 191 Å². The fourth-order valence-electron chi connectivity index (χ4n) is 8.65. The normalized spacial score (nSPS) is 52.2. The average molecular weight is 461 g/mol. The summed E-state index contributed by atoms with van der Waals surface area (Å²) in [5.74, 6) is -0.710. The van der Waals surface area contributed by atoms with Crippen molar-refractivity contribution in [2.24, 2.45) is 29.1 Å². The lowest BCUT2D eigenvalue weighted by atomic mass is 9.45. The number of ether oxygens (including phenoxy) is 2. The number of carbonyl (C=O) groups is 1. The van der Waals surface area contributed by atoms with E-state index >= 15 is 0 Å². The first kappa shape index (κ1) is 21.8. The molecule has 0 amide bonds. The molecule has 0 aromatic carbocycles. The molecule has 8 nitrogen and oxygen atoms in total. The molecule has 4 aliphatic carbocycles. The van der Waals surface area contributed by atoms with E-state index in [4.69, 9.17) is 13.9 Å². The molecule has 4 saturated carbocycles. The number of carbonyl (C=O) groups excluding carboxylic acids is 1. The van der Waals surface area contributed by atoms with Crippen LogP contribution in [0.1, 0.15) is 57.4 Å². The first-order valence-electron chi connectivity index (χ1n) is 12.2. The third-order valence-electron chi connectivity index (χ3n) is 9.93. The van der Waals surface area contributed by atoms with Gasteiger partial charge >= 0.3 is 11.6 Å². The predicted octanol–water partition coefficient (Wildman–Crippen LogP) is 1.35. The Hall–Kier alpha value is -1.74. The van der Waals surface area contributed by atoms with Crippen LogP contribution in [0.4, 0.5) is 0 Å². The van der Waals surface area contributed by atoms with Crippen LogP contribution in [0, 0.1) is 29.1 Å². The van der Waals surface area contributed by atoms with Crippen molar-refractivity contribution in [3.05, 3.63) is 34.4 Å². The van der Waals surface area contributed by atoms with Gasteiger partial charge in [-0.1, -0.05) is 6.92 Å². The van der Waals surface area contributed by atoms with E-state index in [9.17, 15) is 24.9 Å². The van der Waals surface area contributed by atoms with Gasteiger partial charge in [0.25, 0.3) is 0 Å². The van der Waals surface area contributed by atoms with Crippen molar-refractivity contribution in [2.75, 3.05) is 0 Å². The van der Waals surface area contributed by atoms with E-state index in [2.05, 4.69) is 6.92 Å². The molecule has 1 aliphatic heterocycles. The van der Waals surface area contributed by atoms with Gasteiger partial charge in [-0.3, -0.25) is 4.79 Å². The van der Waals surface area contributed by atoms with Crippen LogP contribution < -0.4 is 5.63 Å². The van der Waals surface area contributed by atoms with E-state index in [1.54, 1.807) is 6.07 Å². The SMILES string of the molecule is CC(=O)O[C@@H]1[C@H](c2ccc(=O)oc2)C2[C@@H](O)C[C@H]3[C@@H](CC[C@@H]4[C@@H](O)[C@@H](O)CC[C@@]43C)[C@]23O[C@H]13. The number of hydrogen-bond donors (Lipinski definition) is 3. The summed E-state index contributed by atoms with van der Waals surface area (Å²) in [5.41, 5.74) is -0.522. The third kappa shape index (κ3) is 2.84. The van der Waals surface area contributed by atoms with Gasteiger partial charge in [0.2, 0.25) is 0 Å². The largest absolute Gasteiger partial charge is 0.459 e. The van der Waals surface area contributed by atoms with Crippen LogP contribution in [-0.2, 0) is 14.3 Å². The summed E-state index contributed by atoms with van der Waals surface area (Å²) in [6.45, 7) is 3.58. The van der Waals surface area contributed by atoms with Crippen LogP contribution in [0.25, 0.3) is 0 Å². The first-order valence-corrected chi connectivity index (χ1v) is 12.2. The summed E-state index contributed by atoms with van der Waals surface area (Å²) < 4.78 is 17.3. The van der Waals surface area contributed by atoms with Gasteiger partial charge in [0.1, 0.15) is 17.8 Å². The number of esters is 1. The summed E-state index contributed by atoms with van der Waals surface area (Å²) in [6, 6.07) is 3.05. The molecule has 2 heterocycles. The molecular formula is C25H32O8. The minimum absolute atomic E-state index is 0.00952. The second-order valence-electron chi connectivity index (χ2n) is 11.2. The maximum atomic E-state index is 12.0. The average Bonchev–Trinajstić information content (AvgIpc) is 3.43. The zero-order valence-electron chi connectivity index (χ0n) is 18.9. The lowest BCUT2D eigenvalue weighted by Gasteiger charge is -2.60. The lowest BCUT2D eigenvalue weighted by molar-refractivity contribution is -0.188. The molecule has 5 fully saturated rings. The molecule has 3 N–H and O–H groups in total. The maximum Gasteiger partial charge on any atom is 0.335 e. The van der Waals surface area contributed by atoms with Gasteiger partial charge < -0.3 is 29.2 Å². The Bertz CT molecular complexity index is 1000. The van der Waals surface area contributed by atoms with Crippen molar-refractivity contribution in [3.63, 3.8) is 0 Å². The maximum absolute atomic E-state index is 12.0. The summed E-state index contributed by atoms with van der Waals surface area (Å²) in [5, 5.41) is 32.6. The van der Waals surface area contributed by atoms with Crippen LogP contribution in [-0.4, -0.2) is 57.4 Å². The topological polar surface area (TPSA) is 130 Å². The predicted molar refractivity (Wildman–Crippen MR) is 114 cm³/mol. The monoisotopic (exact) mass is 460 g/mol. The van der Waals surface area contributed by atoms with Crippen molar-refractivity contribution in [1.82, 2.24) is 0 Å². The highest BCUT2D eigenvalue weighted by Gasteiger charge is 2.82. The van der Waals surface area contributed by atoms with Gasteiger partial charge in [-0.05, 0) is 66.9 Å². The molecule has 0 bridgehead atoms. The molecule has 1 spiro atoms. The molecular weight excluding hydrogens is 428 g/mol. The van der Waals surface area contributed by atoms with Gasteiger partial charge in [-0.25, -0.2) is 4.79 Å². The van der Waals surface area contributed by atoms with Crippen molar-refractivity contribution < 1.29 is 34.0 Å². The van der Waals surface area contributed by atoms with Crippen LogP contribution in [0.5, 0.6) is 0 Å². The van der Waals surface area contributed by atoms with Crippen LogP contribution in [0.3, 0.4) is 0 Å². The number of epoxide rings is 1. The summed E-state index contributed by atoms with van der Waals surface area (Å²) in [7, 11) is 0. The zero-order valence-corrected chi connectivity index (χ0v) is 18.9. The van der Waals surface area contributed by atoms with Gasteiger partial charge in [-0.2, -0.15) is 0 Å². The van der Waals surface area contributed by atoms with E-state index in [0.717, 1.165) is 24.8 Å². The van der Waals surface area contributed by atoms with E-state index in [0.29, 0.717) is 12.8 Å². The second kappa shape index (κ2) is 7.13. The quantitative estimate of drug-likeness (QED) is 0.446. The van der Waals surface area contributed by atoms with Crippen molar-refractivity contribution in [3.8, 4) is 0 Å². The molecule has 8 heteroatoms. The molecule has 1 saturated heterocycles. The van der Waals surface area contributed by atoms with Crippen molar-refractivity contribution in [2.45, 2.75) is 88.0 Å². The van der Waals surface area contributed by atoms with Gasteiger partial charge in [0.15, 0.2) is 0 Å². The molecule has 1 aromatic rings.